The molecule has 1 aromatic carbocycles. The Morgan fingerprint density at radius 2 is 1.92 bits per heavy atom. The molecule has 1 aliphatic heterocycles. The fourth-order valence-electron chi connectivity index (χ4n) is 3.42. The summed E-state index contributed by atoms with van der Waals surface area (Å²) >= 11 is 0. The van der Waals surface area contributed by atoms with E-state index in [0.29, 0.717) is 0 Å². The van der Waals surface area contributed by atoms with E-state index in [4.69, 9.17) is 0 Å². The minimum Gasteiger partial charge on any atom is -0.323 e. The number of rotatable bonds is 2. The number of halogens is 2. The molecule has 0 bridgehead atoms. The number of nitrogens with zero attached hydrogens (tertiary/aromatic N) is 3. The van der Waals surface area contributed by atoms with E-state index in [-0.39, 0.29) is 29.7 Å². The third kappa shape index (κ3) is 2.77. The highest BCUT2D eigenvalue weighted by Gasteiger charge is 2.31. The van der Waals surface area contributed by atoms with Gasteiger partial charge in [-0.15, -0.1) is 0 Å². The normalized spacial score (nSPS) is 17.5. The highest BCUT2D eigenvalue weighted by atomic mass is 19.2. The molecular weight excluding hydrogens is 330 g/mol. The first-order valence-corrected chi connectivity index (χ1v) is 8.19. The summed E-state index contributed by atoms with van der Waals surface area (Å²) < 4.78 is 28.8. The summed E-state index contributed by atoms with van der Waals surface area (Å²) in [6.45, 7) is -0.271. The van der Waals surface area contributed by atoms with Gasteiger partial charge in [0.15, 0.2) is 17.3 Å². The van der Waals surface area contributed by atoms with Crippen LogP contribution < -0.4 is 10.2 Å². The minimum atomic E-state index is -1.08. The van der Waals surface area contributed by atoms with Gasteiger partial charge < -0.3 is 5.32 Å². The molecule has 2 aliphatic rings. The molecule has 1 aromatic heterocycles. The van der Waals surface area contributed by atoms with Crippen molar-refractivity contribution in [2.75, 3.05) is 16.8 Å². The lowest BCUT2D eigenvalue weighted by molar-refractivity contribution is -0.115. The predicted molar refractivity (Wildman–Crippen MR) is 86.4 cm³/mol. The molecule has 2 heterocycles. The molecule has 2 aromatic rings. The highest BCUT2D eigenvalue weighted by molar-refractivity contribution is 6.14. The zero-order valence-electron chi connectivity index (χ0n) is 13.3. The maximum absolute atomic E-state index is 13.6. The molecule has 0 radical (unpaired) electrons. The first-order valence-electron chi connectivity index (χ1n) is 8.19. The number of hydrogen-bond acceptors (Lipinski definition) is 3. The van der Waals surface area contributed by atoms with Crippen LogP contribution in [0.25, 0.3) is 0 Å². The van der Waals surface area contributed by atoms with E-state index in [2.05, 4.69) is 10.4 Å². The molecule has 25 heavy (non-hydrogen) atoms. The van der Waals surface area contributed by atoms with E-state index in [1.807, 2.05) is 0 Å². The van der Waals surface area contributed by atoms with Crippen molar-refractivity contribution in [1.29, 1.82) is 0 Å². The number of anilines is 2. The van der Waals surface area contributed by atoms with Crippen molar-refractivity contribution in [3.05, 3.63) is 41.7 Å². The molecule has 2 amide bonds. The van der Waals surface area contributed by atoms with E-state index < -0.39 is 23.4 Å². The Bertz CT molecular complexity index is 858. The first-order chi connectivity index (χ1) is 12.0. The Balaban J connectivity index is 1.66. The molecule has 8 heteroatoms. The molecule has 4 rings (SSSR count). The maximum atomic E-state index is 13.6. The Labute approximate surface area is 142 Å². The van der Waals surface area contributed by atoms with E-state index in [0.717, 1.165) is 42.7 Å². The second-order valence-electron chi connectivity index (χ2n) is 6.34. The number of hydrogen-bond donors (Lipinski definition) is 1. The fourth-order valence-corrected chi connectivity index (χ4v) is 3.42. The third-order valence-electron chi connectivity index (χ3n) is 4.68. The van der Waals surface area contributed by atoms with Gasteiger partial charge in [-0.05, 0) is 18.9 Å². The van der Waals surface area contributed by atoms with Crippen LogP contribution >= 0.6 is 0 Å². The number of carbonyl (C=O) groups excluding carboxylic acids is 2. The van der Waals surface area contributed by atoms with Gasteiger partial charge in [-0.3, -0.25) is 19.2 Å². The first kappa shape index (κ1) is 15.7. The Kier molecular flexibility index (Phi) is 3.74. The van der Waals surface area contributed by atoms with E-state index in [1.165, 1.54) is 0 Å². The van der Waals surface area contributed by atoms with Crippen LogP contribution in [0.3, 0.4) is 0 Å². The van der Waals surface area contributed by atoms with Crippen LogP contribution in [0.15, 0.2) is 24.4 Å². The molecule has 1 aliphatic carbocycles. The van der Waals surface area contributed by atoms with Gasteiger partial charge in [0, 0.05) is 18.3 Å². The van der Waals surface area contributed by atoms with Crippen molar-refractivity contribution < 1.29 is 18.4 Å². The van der Waals surface area contributed by atoms with Crippen molar-refractivity contribution in [1.82, 2.24) is 9.78 Å². The highest BCUT2D eigenvalue weighted by Crippen LogP contribution is 2.33. The van der Waals surface area contributed by atoms with Crippen molar-refractivity contribution in [2.24, 2.45) is 0 Å². The van der Waals surface area contributed by atoms with E-state index >= 15 is 0 Å². The Morgan fingerprint density at radius 3 is 2.68 bits per heavy atom. The van der Waals surface area contributed by atoms with Gasteiger partial charge in [0.1, 0.15) is 6.54 Å². The number of carbonyl (C=O) groups is 2. The average molecular weight is 346 g/mol. The van der Waals surface area contributed by atoms with Crippen LogP contribution in [-0.4, -0.2) is 28.1 Å². The zero-order chi connectivity index (χ0) is 17.6. The smallest absolute Gasteiger partial charge is 0.279 e. The summed E-state index contributed by atoms with van der Waals surface area (Å²) in [6, 6.07) is 3.66. The van der Waals surface area contributed by atoms with Gasteiger partial charge in [-0.25, -0.2) is 8.78 Å². The van der Waals surface area contributed by atoms with Crippen LogP contribution in [0.2, 0.25) is 0 Å². The third-order valence-corrected chi connectivity index (χ3v) is 4.68. The van der Waals surface area contributed by atoms with Gasteiger partial charge in [0.05, 0.1) is 17.4 Å². The zero-order valence-corrected chi connectivity index (χ0v) is 13.3. The SMILES string of the molecule is O=C1CN(C(=O)c2ccn(C3CCCC3)n2)c2cc(F)c(F)cc2N1. The van der Waals surface area contributed by atoms with Gasteiger partial charge in [0.25, 0.3) is 5.91 Å². The Hall–Kier alpha value is -2.77. The molecule has 1 saturated carbocycles. The Morgan fingerprint density at radius 1 is 1.20 bits per heavy atom. The number of nitrogens with one attached hydrogen (secondary N) is 1. The maximum Gasteiger partial charge on any atom is 0.279 e. The number of aromatic nitrogens is 2. The van der Waals surface area contributed by atoms with Crippen LogP contribution in [-0.2, 0) is 4.79 Å². The summed E-state index contributed by atoms with van der Waals surface area (Å²) in [5.74, 6) is -3.15. The summed E-state index contributed by atoms with van der Waals surface area (Å²) in [7, 11) is 0. The lowest BCUT2D eigenvalue weighted by atomic mass is 10.1. The van der Waals surface area contributed by atoms with E-state index in [1.54, 1.807) is 16.9 Å². The van der Waals surface area contributed by atoms with Gasteiger partial charge in [-0.1, -0.05) is 12.8 Å². The minimum absolute atomic E-state index is 0.0683. The summed E-state index contributed by atoms with van der Waals surface area (Å²) in [5.41, 5.74) is 0.370. The second-order valence-corrected chi connectivity index (χ2v) is 6.34. The molecule has 1 fully saturated rings. The van der Waals surface area contributed by atoms with Crippen LogP contribution in [0.1, 0.15) is 42.2 Å². The fraction of sp³-hybridized carbons (Fsp3) is 0.353. The molecule has 0 spiro atoms. The second kappa shape index (κ2) is 5.94. The topological polar surface area (TPSA) is 67.2 Å². The molecule has 0 atom stereocenters. The van der Waals surface area contributed by atoms with E-state index in [9.17, 15) is 18.4 Å². The van der Waals surface area contributed by atoms with Crippen molar-refractivity contribution in [3.8, 4) is 0 Å². The molecule has 6 nitrogen and oxygen atoms in total. The van der Waals surface area contributed by atoms with Crippen LogP contribution in [0.4, 0.5) is 20.2 Å². The number of benzene rings is 1. The monoisotopic (exact) mass is 346 g/mol. The van der Waals surface area contributed by atoms with Crippen molar-refractivity contribution >= 4 is 23.2 Å². The largest absolute Gasteiger partial charge is 0.323 e. The summed E-state index contributed by atoms with van der Waals surface area (Å²) in [5, 5.41) is 6.78. The van der Waals surface area contributed by atoms with Gasteiger partial charge >= 0.3 is 0 Å². The predicted octanol–water partition coefficient (Wildman–Crippen LogP) is 2.88. The molecule has 0 saturated heterocycles. The lowest BCUT2D eigenvalue weighted by Gasteiger charge is -2.28. The van der Waals surface area contributed by atoms with Crippen LogP contribution in [0, 0.1) is 11.6 Å². The lowest BCUT2D eigenvalue weighted by Crippen LogP contribution is -2.42. The molecule has 0 unspecified atom stereocenters. The summed E-state index contributed by atoms with van der Waals surface area (Å²) in [4.78, 5) is 25.7. The van der Waals surface area contributed by atoms with Crippen molar-refractivity contribution in [2.45, 2.75) is 31.7 Å². The summed E-state index contributed by atoms with van der Waals surface area (Å²) in [6.07, 6.45) is 6.07. The van der Waals surface area contributed by atoms with Crippen LogP contribution in [0.5, 0.6) is 0 Å². The molecule has 130 valence electrons. The average Bonchev–Trinajstić information content (AvgIpc) is 3.26. The molecular formula is C17H16F2N4O2. The van der Waals surface area contributed by atoms with Crippen molar-refractivity contribution in [3.63, 3.8) is 0 Å². The van der Waals surface area contributed by atoms with Gasteiger partial charge in [-0.2, -0.15) is 5.10 Å². The number of amides is 2. The van der Waals surface area contributed by atoms with Gasteiger partial charge in [0.2, 0.25) is 5.91 Å². The number of fused-ring (bicyclic) bond motifs is 1. The molecule has 1 N–H and O–H groups in total. The quantitative estimate of drug-likeness (QED) is 0.909. The standard InChI is InChI=1S/C17H16F2N4O2/c18-11-7-14-15(8-12(11)19)22(9-16(24)20-14)17(25)13-5-6-23(21-13)10-3-1-2-4-10/h5-8,10H,1-4,9H2,(H,20,24).